The van der Waals surface area contributed by atoms with Crippen LogP contribution in [0.25, 0.3) is 0 Å². The molecule has 4 nitrogen and oxygen atoms in total. The fourth-order valence-corrected chi connectivity index (χ4v) is 2.11. The minimum absolute atomic E-state index is 0.389. The Bertz CT molecular complexity index is 597. The summed E-state index contributed by atoms with van der Waals surface area (Å²) in [5.74, 6) is 0.733. The Hall–Kier alpha value is -1.46. The second-order valence-electron chi connectivity index (χ2n) is 4.97. The highest BCUT2D eigenvalue weighted by Crippen LogP contribution is 2.22. The lowest BCUT2D eigenvalue weighted by Crippen LogP contribution is -2.16. The molecule has 1 saturated carbocycles. The summed E-state index contributed by atoms with van der Waals surface area (Å²) < 4.78 is 6.66. The molecule has 1 aromatic heterocycles. The van der Waals surface area contributed by atoms with Gasteiger partial charge in [0.2, 0.25) is 0 Å². The largest absolute Gasteiger partial charge is 0.424 e. The van der Waals surface area contributed by atoms with E-state index in [2.05, 4.69) is 31.2 Å². The molecule has 3 rings (SSSR count). The predicted octanol–water partition coefficient (Wildman–Crippen LogP) is 3.59. The molecule has 2 aromatic rings. The van der Waals surface area contributed by atoms with Crippen LogP contribution in [0.4, 0.5) is 0 Å². The number of rotatable bonds is 5. The summed E-state index contributed by atoms with van der Waals surface area (Å²) in [4.78, 5) is 8.67. The summed E-state index contributed by atoms with van der Waals surface area (Å²) in [6, 6.07) is 8.69. The third-order valence-electron chi connectivity index (χ3n) is 3.24. The standard InChI is InChI=1S/C15H16BrN3O/c1-10-11(8-17-13-4-5-13)9-18-15(19-10)20-14-6-2-12(16)3-7-14/h2-3,6-7,9,13,17H,4-5,8H2,1H3. The molecule has 1 fully saturated rings. The van der Waals surface area contributed by atoms with Crippen LogP contribution in [0.15, 0.2) is 34.9 Å². The Kier molecular flexibility index (Phi) is 3.98. The number of hydrogen-bond acceptors (Lipinski definition) is 4. The lowest BCUT2D eigenvalue weighted by molar-refractivity contribution is 0.439. The van der Waals surface area contributed by atoms with Crippen molar-refractivity contribution in [1.29, 1.82) is 0 Å². The normalized spacial score (nSPS) is 14.3. The van der Waals surface area contributed by atoms with E-state index < -0.39 is 0 Å². The van der Waals surface area contributed by atoms with Crippen LogP contribution in [-0.2, 0) is 6.54 Å². The highest BCUT2D eigenvalue weighted by molar-refractivity contribution is 9.10. The Morgan fingerprint density at radius 1 is 1.30 bits per heavy atom. The van der Waals surface area contributed by atoms with E-state index in [9.17, 15) is 0 Å². The molecule has 20 heavy (non-hydrogen) atoms. The number of halogens is 1. The van der Waals surface area contributed by atoms with Gasteiger partial charge in [0.05, 0.1) is 0 Å². The van der Waals surface area contributed by atoms with Crippen molar-refractivity contribution in [2.75, 3.05) is 0 Å². The highest BCUT2D eigenvalue weighted by Gasteiger charge is 2.20. The molecule has 5 heteroatoms. The number of nitrogens with zero attached hydrogens (tertiary/aromatic N) is 2. The summed E-state index contributed by atoms with van der Waals surface area (Å²) in [5.41, 5.74) is 2.08. The zero-order chi connectivity index (χ0) is 13.9. The third kappa shape index (κ3) is 3.55. The zero-order valence-corrected chi connectivity index (χ0v) is 12.9. The average Bonchev–Trinajstić information content (AvgIpc) is 3.25. The molecule has 0 radical (unpaired) electrons. The van der Waals surface area contributed by atoms with Gasteiger partial charge in [-0.3, -0.25) is 0 Å². The van der Waals surface area contributed by atoms with E-state index in [1.54, 1.807) is 0 Å². The van der Waals surface area contributed by atoms with Gasteiger partial charge in [-0.25, -0.2) is 4.98 Å². The molecule has 0 unspecified atom stereocenters. The van der Waals surface area contributed by atoms with Gasteiger partial charge < -0.3 is 10.1 Å². The molecule has 0 spiro atoms. The number of nitrogens with one attached hydrogen (secondary N) is 1. The Morgan fingerprint density at radius 2 is 2.05 bits per heavy atom. The average molecular weight is 334 g/mol. The van der Waals surface area contributed by atoms with Crippen LogP contribution in [0, 0.1) is 6.92 Å². The van der Waals surface area contributed by atoms with Crippen LogP contribution >= 0.6 is 15.9 Å². The molecular formula is C15H16BrN3O. The highest BCUT2D eigenvalue weighted by atomic mass is 79.9. The van der Waals surface area contributed by atoms with Crippen LogP contribution in [0.2, 0.25) is 0 Å². The van der Waals surface area contributed by atoms with Gasteiger partial charge >= 0.3 is 6.01 Å². The monoisotopic (exact) mass is 333 g/mol. The summed E-state index contributed by atoms with van der Waals surface area (Å²) in [7, 11) is 0. The zero-order valence-electron chi connectivity index (χ0n) is 11.3. The topological polar surface area (TPSA) is 47.0 Å². The third-order valence-corrected chi connectivity index (χ3v) is 3.77. The Labute approximate surface area is 126 Å². The minimum Gasteiger partial charge on any atom is -0.424 e. The summed E-state index contributed by atoms with van der Waals surface area (Å²) in [6.45, 7) is 2.81. The van der Waals surface area contributed by atoms with Crippen molar-refractivity contribution in [3.8, 4) is 11.8 Å². The van der Waals surface area contributed by atoms with Crippen LogP contribution in [0.5, 0.6) is 11.8 Å². The van der Waals surface area contributed by atoms with Gasteiger partial charge in [-0.05, 0) is 44.0 Å². The first-order valence-electron chi connectivity index (χ1n) is 6.70. The maximum Gasteiger partial charge on any atom is 0.322 e. The number of aromatic nitrogens is 2. The maximum atomic E-state index is 5.64. The lowest BCUT2D eigenvalue weighted by Gasteiger charge is -2.08. The van der Waals surface area contributed by atoms with Gasteiger partial charge in [-0.15, -0.1) is 0 Å². The summed E-state index contributed by atoms with van der Waals surface area (Å²) >= 11 is 3.39. The second kappa shape index (κ2) is 5.89. The smallest absolute Gasteiger partial charge is 0.322 e. The lowest BCUT2D eigenvalue weighted by atomic mass is 10.2. The van der Waals surface area contributed by atoms with Crippen molar-refractivity contribution < 1.29 is 4.74 Å². The van der Waals surface area contributed by atoms with Crippen molar-refractivity contribution in [3.05, 3.63) is 46.2 Å². The molecule has 0 aliphatic heterocycles. The molecule has 0 saturated heterocycles. The molecule has 1 heterocycles. The molecule has 0 bridgehead atoms. The molecule has 1 aliphatic carbocycles. The molecule has 1 aromatic carbocycles. The van der Waals surface area contributed by atoms with E-state index in [0.29, 0.717) is 12.1 Å². The van der Waals surface area contributed by atoms with Gasteiger partial charge in [-0.1, -0.05) is 15.9 Å². The molecular weight excluding hydrogens is 318 g/mol. The van der Waals surface area contributed by atoms with E-state index in [0.717, 1.165) is 28.0 Å². The van der Waals surface area contributed by atoms with E-state index in [1.165, 1.54) is 12.8 Å². The minimum atomic E-state index is 0.389. The van der Waals surface area contributed by atoms with Crippen LogP contribution in [0.1, 0.15) is 24.1 Å². The van der Waals surface area contributed by atoms with Gasteiger partial charge in [-0.2, -0.15) is 4.98 Å². The van der Waals surface area contributed by atoms with Crippen molar-refractivity contribution >= 4 is 15.9 Å². The van der Waals surface area contributed by atoms with E-state index >= 15 is 0 Å². The van der Waals surface area contributed by atoms with Crippen LogP contribution < -0.4 is 10.1 Å². The first kappa shape index (κ1) is 13.5. The molecule has 1 N–H and O–H groups in total. The van der Waals surface area contributed by atoms with Crippen molar-refractivity contribution in [2.24, 2.45) is 0 Å². The Morgan fingerprint density at radius 3 is 2.70 bits per heavy atom. The van der Waals surface area contributed by atoms with Crippen LogP contribution in [0.3, 0.4) is 0 Å². The molecule has 0 amide bonds. The molecule has 0 atom stereocenters. The molecule has 104 valence electrons. The van der Waals surface area contributed by atoms with Gasteiger partial charge in [0.15, 0.2) is 0 Å². The first-order valence-corrected chi connectivity index (χ1v) is 7.49. The second-order valence-corrected chi connectivity index (χ2v) is 5.89. The maximum absolute atomic E-state index is 5.64. The quantitative estimate of drug-likeness (QED) is 0.908. The predicted molar refractivity (Wildman–Crippen MR) is 80.8 cm³/mol. The van der Waals surface area contributed by atoms with E-state index in [-0.39, 0.29) is 0 Å². The van der Waals surface area contributed by atoms with Crippen molar-refractivity contribution in [1.82, 2.24) is 15.3 Å². The number of ether oxygens (including phenoxy) is 1. The fraction of sp³-hybridized carbons (Fsp3) is 0.333. The fourth-order valence-electron chi connectivity index (χ4n) is 1.84. The number of hydrogen-bond donors (Lipinski definition) is 1. The van der Waals surface area contributed by atoms with E-state index in [1.807, 2.05) is 37.4 Å². The molecule has 1 aliphatic rings. The summed E-state index contributed by atoms with van der Waals surface area (Å²) in [5, 5.41) is 3.46. The first-order chi connectivity index (χ1) is 9.70. The van der Waals surface area contributed by atoms with Gasteiger partial charge in [0.25, 0.3) is 0 Å². The number of benzene rings is 1. The van der Waals surface area contributed by atoms with Crippen molar-refractivity contribution in [3.63, 3.8) is 0 Å². The van der Waals surface area contributed by atoms with Gasteiger partial charge in [0.1, 0.15) is 5.75 Å². The van der Waals surface area contributed by atoms with Crippen molar-refractivity contribution in [2.45, 2.75) is 32.4 Å². The van der Waals surface area contributed by atoms with Crippen LogP contribution in [-0.4, -0.2) is 16.0 Å². The van der Waals surface area contributed by atoms with Gasteiger partial charge in [0, 0.05) is 34.5 Å². The number of aryl methyl sites for hydroxylation is 1. The Balaban J connectivity index is 1.67. The summed E-state index contributed by atoms with van der Waals surface area (Å²) in [6.07, 6.45) is 4.40. The van der Waals surface area contributed by atoms with E-state index in [4.69, 9.17) is 4.74 Å². The SMILES string of the molecule is Cc1nc(Oc2ccc(Br)cc2)ncc1CNC1CC1.